The molecule has 0 bridgehead atoms. The summed E-state index contributed by atoms with van der Waals surface area (Å²) in [5.74, 6) is 1.88. The van der Waals surface area contributed by atoms with E-state index in [2.05, 4.69) is 18.0 Å². The van der Waals surface area contributed by atoms with Crippen molar-refractivity contribution in [2.75, 3.05) is 26.9 Å². The first-order chi connectivity index (χ1) is 13.5. The fourth-order valence-electron chi connectivity index (χ4n) is 2.58. The predicted octanol–water partition coefficient (Wildman–Crippen LogP) is 4.09. The van der Waals surface area contributed by atoms with E-state index in [1.54, 1.807) is 25.3 Å². The lowest BCUT2D eigenvalue weighted by molar-refractivity contribution is -0.116. The molecule has 0 aromatic heterocycles. The second kappa shape index (κ2) is 10.8. The number of amides is 1. The average molecular weight is 381 g/mol. The van der Waals surface area contributed by atoms with Crippen LogP contribution in [0.2, 0.25) is 0 Å². The molecule has 1 amide bonds. The van der Waals surface area contributed by atoms with Crippen LogP contribution in [0.25, 0.3) is 6.08 Å². The van der Waals surface area contributed by atoms with Crippen LogP contribution in [-0.2, 0) is 4.79 Å². The second-order valence-corrected chi connectivity index (χ2v) is 6.25. The topological polar surface area (TPSA) is 56.8 Å². The molecule has 0 aliphatic rings. The highest BCUT2D eigenvalue weighted by Crippen LogP contribution is 2.28. The number of rotatable bonds is 10. The molecular weight excluding hydrogens is 354 g/mol. The van der Waals surface area contributed by atoms with Crippen molar-refractivity contribution < 1.29 is 19.0 Å². The number of benzene rings is 2. The highest BCUT2D eigenvalue weighted by Gasteiger charge is 2.05. The molecule has 0 aliphatic carbocycles. The number of carbonyl (C=O) groups is 1. The number of carbonyl (C=O) groups excluding carboxylic acids is 1. The molecule has 0 unspecified atom stereocenters. The number of ether oxygens (including phenoxy) is 3. The first-order valence-electron chi connectivity index (χ1n) is 9.11. The van der Waals surface area contributed by atoms with Gasteiger partial charge < -0.3 is 19.5 Å². The zero-order valence-corrected chi connectivity index (χ0v) is 16.7. The van der Waals surface area contributed by atoms with Crippen molar-refractivity contribution in [2.24, 2.45) is 0 Å². The van der Waals surface area contributed by atoms with Crippen molar-refractivity contribution in [1.82, 2.24) is 5.32 Å². The Balaban J connectivity index is 1.82. The molecule has 2 aromatic rings. The Labute approximate surface area is 166 Å². The van der Waals surface area contributed by atoms with Crippen molar-refractivity contribution in [3.63, 3.8) is 0 Å². The van der Waals surface area contributed by atoms with Crippen LogP contribution in [0.1, 0.15) is 16.7 Å². The molecule has 148 valence electrons. The zero-order chi connectivity index (χ0) is 20.4. The molecule has 0 saturated carbocycles. The minimum absolute atomic E-state index is 0.185. The number of methoxy groups -OCH3 is 1. The van der Waals surface area contributed by atoms with Gasteiger partial charge >= 0.3 is 0 Å². The van der Waals surface area contributed by atoms with Crippen molar-refractivity contribution in [1.29, 1.82) is 0 Å². The van der Waals surface area contributed by atoms with Gasteiger partial charge in [-0.05, 0) is 49.2 Å². The average Bonchev–Trinajstić information content (AvgIpc) is 2.69. The SMILES string of the molecule is C=CCOc1ccc(/C=C/C(=O)NCCOc2ccc(C)cc2C)cc1OC. The van der Waals surface area contributed by atoms with Gasteiger partial charge in [0.15, 0.2) is 11.5 Å². The standard InChI is InChI=1S/C23H27NO4/c1-5-13-27-21-10-7-19(16-22(21)26-4)8-11-23(25)24-12-14-28-20-9-6-17(2)15-18(20)3/h5-11,15-16H,1,12-14H2,2-4H3,(H,24,25)/b11-8+. The number of aryl methyl sites for hydroxylation is 2. The minimum Gasteiger partial charge on any atom is -0.493 e. The van der Waals surface area contributed by atoms with Crippen LogP contribution < -0.4 is 19.5 Å². The molecule has 2 rings (SSSR count). The first-order valence-corrected chi connectivity index (χ1v) is 9.11. The van der Waals surface area contributed by atoms with Gasteiger partial charge in [0, 0.05) is 6.08 Å². The maximum atomic E-state index is 12.0. The van der Waals surface area contributed by atoms with E-state index < -0.39 is 0 Å². The lowest BCUT2D eigenvalue weighted by Crippen LogP contribution is -2.26. The van der Waals surface area contributed by atoms with E-state index in [1.165, 1.54) is 11.6 Å². The van der Waals surface area contributed by atoms with Gasteiger partial charge in [0.2, 0.25) is 5.91 Å². The van der Waals surface area contributed by atoms with Crippen LogP contribution in [-0.4, -0.2) is 32.8 Å². The predicted molar refractivity (Wildman–Crippen MR) is 112 cm³/mol. The Bertz CT molecular complexity index is 842. The molecule has 5 heteroatoms. The van der Waals surface area contributed by atoms with E-state index in [0.717, 1.165) is 16.9 Å². The fourth-order valence-corrected chi connectivity index (χ4v) is 2.58. The maximum absolute atomic E-state index is 12.0. The van der Waals surface area contributed by atoms with Gasteiger partial charge in [-0.2, -0.15) is 0 Å². The van der Waals surface area contributed by atoms with E-state index in [4.69, 9.17) is 14.2 Å². The molecule has 2 aromatic carbocycles. The summed E-state index contributed by atoms with van der Waals surface area (Å²) in [4.78, 5) is 12.0. The molecule has 0 radical (unpaired) electrons. The molecule has 0 fully saturated rings. The van der Waals surface area contributed by atoms with Gasteiger partial charge in [-0.15, -0.1) is 0 Å². The van der Waals surface area contributed by atoms with Crippen LogP contribution in [0.4, 0.5) is 0 Å². The van der Waals surface area contributed by atoms with Crippen LogP contribution >= 0.6 is 0 Å². The Hall–Kier alpha value is -3.21. The lowest BCUT2D eigenvalue weighted by atomic mass is 10.1. The zero-order valence-electron chi connectivity index (χ0n) is 16.7. The molecule has 0 atom stereocenters. The smallest absolute Gasteiger partial charge is 0.244 e. The number of hydrogen-bond donors (Lipinski definition) is 1. The quantitative estimate of drug-likeness (QED) is 0.383. The Morgan fingerprint density at radius 1 is 1.07 bits per heavy atom. The van der Waals surface area contributed by atoms with Crippen LogP contribution in [0.5, 0.6) is 17.2 Å². The normalized spacial score (nSPS) is 10.5. The van der Waals surface area contributed by atoms with Crippen molar-refractivity contribution in [3.8, 4) is 17.2 Å². The third-order valence-corrected chi connectivity index (χ3v) is 3.96. The summed E-state index contributed by atoms with van der Waals surface area (Å²) >= 11 is 0. The van der Waals surface area contributed by atoms with Gasteiger partial charge in [-0.3, -0.25) is 4.79 Å². The summed E-state index contributed by atoms with van der Waals surface area (Å²) in [6.07, 6.45) is 4.87. The summed E-state index contributed by atoms with van der Waals surface area (Å²) in [5, 5.41) is 2.80. The highest BCUT2D eigenvalue weighted by atomic mass is 16.5. The number of nitrogens with one attached hydrogen (secondary N) is 1. The summed E-state index contributed by atoms with van der Waals surface area (Å²) < 4.78 is 16.5. The van der Waals surface area contributed by atoms with Crippen LogP contribution in [0.15, 0.2) is 55.1 Å². The molecule has 0 heterocycles. The van der Waals surface area contributed by atoms with Gasteiger partial charge in [0.05, 0.1) is 13.7 Å². The first kappa shape index (κ1) is 21.1. The summed E-state index contributed by atoms with van der Waals surface area (Å²) in [5.41, 5.74) is 3.12. The summed E-state index contributed by atoms with van der Waals surface area (Å²) in [6.45, 7) is 8.91. The highest BCUT2D eigenvalue weighted by molar-refractivity contribution is 5.91. The third-order valence-electron chi connectivity index (χ3n) is 3.96. The fraction of sp³-hybridized carbons (Fsp3) is 0.261. The molecule has 28 heavy (non-hydrogen) atoms. The Morgan fingerprint density at radius 3 is 2.57 bits per heavy atom. The summed E-state index contributed by atoms with van der Waals surface area (Å²) in [6, 6.07) is 11.5. The van der Waals surface area contributed by atoms with Crippen molar-refractivity contribution >= 4 is 12.0 Å². The molecule has 0 spiro atoms. The summed E-state index contributed by atoms with van der Waals surface area (Å²) in [7, 11) is 1.58. The molecule has 5 nitrogen and oxygen atoms in total. The molecule has 1 N–H and O–H groups in total. The maximum Gasteiger partial charge on any atom is 0.244 e. The molecule has 0 aliphatic heterocycles. The van der Waals surface area contributed by atoms with E-state index in [1.807, 2.05) is 38.1 Å². The van der Waals surface area contributed by atoms with Gasteiger partial charge in [-0.1, -0.05) is 36.4 Å². The van der Waals surface area contributed by atoms with Crippen molar-refractivity contribution in [2.45, 2.75) is 13.8 Å². The Morgan fingerprint density at radius 2 is 1.86 bits per heavy atom. The van der Waals surface area contributed by atoms with E-state index in [9.17, 15) is 4.79 Å². The third kappa shape index (κ3) is 6.50. The van der Waals surface area contributed by atoms with Crippen LogP contribution in [0.3, 0.4) is 0 Å². The van der Waals surface area contributed by atoms with E-state index in [-0.39, 0.29) is 5.91 Å². The monoisotopic (exact) mass is 381 g/mol. The minimum atomic E-state index is -0.185. The van der Waals surface area contributed by atoms with E-state index >= 15 is 0 Å². The lowest BCUT2D eigenvalue weighted by Gasteiger charge is -2.10. The van der Waals surface area contributed by atoms with E-state index in [0.29, 0.717) is 31.3 Å². The molecule has 0 saturated heterocycles. The van der Waals surface area contributed by atoms with Gasteiger partial charge in [-0.25, -0.2) is 0 Å². The second-order valence-electron chi connectivity index (χ2n) is 6.25. The van der Waals surface area contributed by atoms with Gasteiger partial charge in [0.25, 0.3) is 0 Å². The van der Waals surface area contributed by atoms with Crippen molar-refractivity contribution in [3.05, 3.63) is 71.8 Å². The Kier molecular flexibility index (Phi) is 8.15. The van der Waals surface area contributed by atoms with Gasteiger partial charge in [0.1, 0.15) is 19.0 Å². The molecular formula is C23H27NO4. The van der Waals surface area contributed by atoms with Crippen LogP contribution in [0, 0.1) is 13.8 Å². The number of hydrogen-bond acceptors (Lipinski definition) is 4. The largest absolute Gasteiger partial charge is 0.493 e.